The molecule has 1 aromatic heterocycles. The molecule has 8 heteroatoms. The fourth-order valence-electron chi connectivity index (χ4n) is 0.959. The molecule has 0 aliphatic carbocycles. The van der Waals surface area contributed by atoms with E-state index in [-0.39, 0.29) is 5.82 Å². The van der Waals surface area contributed by atoms with Gasteiger partial charge in [-0.25, -0.2) is 4.79 Å². The molecule has 0 fully saturated rings. The van der Waals surface area contributed by atoms with Crippen LogP contribution < -0.4 is 16.6 Å². The van der Waals surface area contributed by atoms with Crippen LogP contribution in [0.25, 0.3) is 0 Å². The van der Waals surface area contributed by atoms with Gasteiger partial charge in [0.15, 0.2) is 5.82 Å². The first-order valence-corrected chi connectivity index (χ1v) is 3.81. The Morgan fingerprint density at radius 1 is 1.43 bits per heavy atom. The summed E-state index contributed by atoms with van der Waals surface area (Å²) in [7, 11) is 0. The van der Waals surface area contributed by atoms with E-state index in [2.05, 4.69) is 10.3 Å². The minimum absolute atomic E-state index is 0.175. The number of aromatic nitrogens is 2. The van der Waals surface area contributed by atoms with E-state index in [4.69, 9.17) is 0 Å². The van der Waals surface area contributed by atoms with E-state index in [0.717, 1.165) is 0 Å². The van der Waals surface area contributed by atoms with Gasteiger partial charge in [0, 0.05) is 6.54 Å². The van der Waals surface area contributed by atoms with Crippen molar-refractivity contribution in [1.29, 1.82) is 0 Å². The zero-order valence-corrected chi connectivity index (χ0v) is 7.29. The summed E-state index contributed by atoms with van der Waals surface area (Å²) >= 11 is 0. The fourth-order valence-corrected chi connectivity index (χ4v) is 0.959. The van der Waals surface area contributed by atoms with Crippen LogP contribution in [0.3, 0.4) is 0 Å². The van der Waals surface area contributed by atoms with Gasteiger partial charge < -0.3 is 5.32 Å². The molecular weight excluding hydrogens is 192 g/mol. The Balaban J connectivity index is 3.44. The lowest BCUT2D eigenvalue weighted by Gasteiger charge is -2.01. The first-order chi connectivity index (χ1) is 6.56. The van der Waals surface area contributed by atoms with Crippen LogP contribution in [0.4, 0.5) is 11.5 Å². The minimum Gasteiger partial charge on any atom is -0.366 e. The first kappa shape index (κ1) is 9.96. The van der Waals surface area contributed by atoms with E-state index in [1.165, 1.54) is 0 Å². The highest BCUT2D eigenvalue weighted by molar-refractivity contribution is 5.53. The van der Waals surface area contributed by atoms with Crippen molar-refractivity contribution in [3.63, 3.8) is 0 Å². The molecular formula is C6H8N4O4. The molecule has 0 amide bonds. The van der Waals surface area contributed by atoms with Gasteiger partial charge in [-0.3, -0.25) is 24.9 Å². The summed E-state index contributed by atoms with van der Waals surface area (Å²) in [5.74, 6) is -0.175. The van der Waals surface area contributed by atoms with Gasteiger partial charge in [0.05, 0.1) is 4.92 Å². The molecule has 0 atom stereocenters. The average Bonchev–Trinajstić information content (AvgIpc) is 2.01. The maximum Gasteiger partial charge on any atom is 0.373 e. The standard InChI is InChI=1S/C6H8N4O4/c1-2-7-4-3(10(13)14)5(11)9-6(12)8-4/h2H2,1H3,(H3,7,8,9,11,12). The maximum absolute atomic E-state index is 11.0. The molecule has 0 saturated carbocycles. The van der Waals surface area contributed by atoms with E-state index in [0.29, 0.717) is 6.54 Å². The van der Waals surface area contributed by atoms with Gasteiger partial charge in [0.1, 0.15) is 0 Å². The predicted octanol–water partition coefficient (Wildman–Crippen LogP) is -0.597. The van der Waals surface area contributed by atoms with Crippen LogP contribution in [0.1, 0.15) is 6.92 Å². The van der Waals surface area contributed by atoms with Crippen molar-refractivity contribution >= 4 is 11.5 Å². The van der Waals surface area contributed by atoms with Gasteiger partial charge in [0.25, 0.3) is 0 Å². The highest BCUT2D eigenvalue weighted by Gasteiger charge is 2.19. The van der Waals surface area contributed by atoms with Gasteiger partial charge in [-0.05, 0) is 6.92 Å². The molecule has 8 nitrogen and oxygen atoms in total. The van der Waals surface area contributed by atoms with Gasteiger partial charge in [0.2, 0.25) is 0 Å². The Kier molecular flexibility index (Phi) is 2.65. The lowest BCUT2D eigenvalue weighted by Crippen LogP contribution is -2.26. The van der Waals surface area contributed by atoms with Crippen molar-refractivity contribution in [2.45, 2.75) is 6.92 Å². The third kappa shape index (κ3) is 1.79. The van der Waals surface area contributed by atoms with Crippen LogP contribution >= 0.6 is 0 Å². The Bertz CT molecular complexity index is 460. The minimum atomic E-state index is -1.02. The van der Waals surface area contributed by atoms with Gasteiger partial charge >= 0.3 is 16.9 Å². The van der Waals surface area contributed by atoms with Crippen LogP contribution in [0.2, 0.25) is 0 Å². The molecule has 0 radical (unpaired) electrons. The normalized spacial score (nSPS) is 9.79. The summed E-state index contributed by atoms with van der Waals surface area (Å²) in [5, 5.41) is 13.0. The smallest absolute Gasteiger partial charge is 0.366 e. The molecule has 0 aliphatic rings. The number of hydrogen-bond donors (Lipinski definition) is 3. The van der Waals surface area contributed by atoms with Crippen LogP contribution in [0.15, 0.2) is 9.59 Å². The second-order valence-corrected chi connectivity index (χ2v) is 2.42. The lowest BCUT2D eigenvalue weighted by molar-refractivity contribution is -0.385. The highest BCUT2D eigenvalue weighted by atomic mass is 16.6. The summed E-state index contributed by atoms with van der Waals surface area (Å²) in [4.78, 5) is 35.3. The zero-order valence-electron chi connectivity index (χ0n) is 7.29. The Labute approximate surface area is 77.1 Å². The molecule has 76 valence electrons. The number of H-pyrrole nitrogens is 2. The fraction of sp³-hybridized carbons (Fsp3) is 0.333. The zero-order chi connectivity index (χ0) is 10.7. The number of rotatable bonds is 3. The summed E-state index contributed by atoms with van der Waals surface area (Å²) in [6, 6.07) is 0. The van der Waals surface area contributed by atoms with Crippen molar-refractivity contribution in [2.24, 2.45) is 0 Å². The van der Waals surface area contributed by atoms with E-state index in [1.54, 1.807) is 11.9 Å². The lowest BCUT2D eigenvalue weighted by atomic mass is 10.4. The number of anilines is 1. The van der Waals surface area contributed by atoms with E-state index >= 15 is 0 Å². The molecule has 0 spiro atoms. The molecule has 1 aromatic rings. The summed E-state index contributed by atoms with van der Waals surface area (Å²) in [6.45, 7) is 2.05. The molecule has 1 rings (SSSR count). The number of nitrogens with zero attached hydrogens (tertiary/aromatic N) is 1. The monoisotopic (exact) mass is 200 g/mol. The number of nitro groups is 1. The number of nitrogens with one attached hydrogen (secondary N) is 3. The molecule has 0 aliphatic heterocycles. The molecule has 14 heavy (non-hydrogen) atoms. The van der Waals surface area contributed by atoms with Crippen molar-refractivity contribution in [2.75, 3.05) is 11.9 Å². The predicted molar refractivity (Wildman–Crippen MR) is 48.5 cm³/mol. The van der Waals surface area contributed by atoms with Crippen molar-refractivity contribution in [1.82, 2.24) is 9.97 Å². The summed E-state index contributed by atoms with van der Waals surface area (Å²) in [6.07, 6.45) is 0. The van der Waals surface area contributed by atoms with Crippen molar-refractivity contribution in [3.05, 3.63) is 31.0 Å². The molecule has 0 unspecified atom stereocenters. The van der Waals surface area contributed by atoms with Crippen LogP contribution in [0, 0.1) is 10.1 Å². The van der Waals surface area contributed by atoms with Crippen LogP contribution in [-0.4, -0.2) is 21.4 Å². The molecule has 3 N–H and O–H groups in total. The van der Waals surface area contributed by atoms with Gasteiger partial charge in [-0.15, -0.1) is 0 Å². The Morgan fingerprint density at radius 2 is 2.07 bits per heavy atom. The highest BCUT2D eigenvalue weighted by Crippen LogP contribution is 2.12. The third-order valence-electron chi connectivity index (χ3n) is 1.45. The second-order valence-electron chi connectivity index (χ2n) is 2.42. The Morgan fingerprint density at radius 3 is 2.57 bits per heavy atom. The molecule has 1 heterocycles. The average molecular weight is 200 g/mol. The van der Waals surface area contributed by atoms with Crippen molar-refractivity contribution in [3.8, 4) is 0 Å². The SMILES string of the molecule is CCNc1[nH]c(=O)[nH]c(=O)c1[N+](=O)[O-]. The third-order valence-corrected chi connectivity index (χ3v) is 1.45. The van der Waals surface area contributed by atoms with E-state index < -0.39 is 21.9 Å². The quantitative estimate of drug-likeness (QED) is 0.444. The van der Waals surface area contributed by atoms with Crippen molar-refractivity contribution < 1.29 is 4.92 Å². The van der Waals surface area contributed by atoms with Crippen LogP contribution in [0.5, 0.6) is 0 Å². The maximum atomic E-state index is 11.0. The molecule has 0 saturated heterocycles. The van der Waals surface area contributed by atoms with Gasteiger partial charge in [-0.1, -0.05) is 0 Å². The molecule has 0 aromatic carbocycles. The van der Waals surface area contributed by atoms with Gasteiger partial charge in [-0.2, -0.15) is 0 Å². The summed E-state index contributed by atoms with van der Waals surface area (Å²) < 4.78 is 0. The van der Waals surface area contributed by atoms with Crippen LogP contribution in [-0.2, 0) is 0 Å². The number of aromatic amines is 2. The van der Waals surface area contributed by atoms with E-state index in [1.807, 2.05) is 0 Å². The van der Waals surface area contributed by atoms with E-state index in [9.17, 15) is 19.7 Å². The number of hydrogen-bond acceptors (Lipinski definition) is 5. The topological polar surface area (TPSA) is 121 Å². The molecule has 0 bridgehead atoms. The summed E-state index contributed by atoms with van der Waals surface area (Å²) in [5.41, 5.74) is -2.49. The Hall–Kier alpha value is -2.12. The largest absolute Gasteiger partial charge is 0.373 e. The first-order valence-electron chi connectivity index (χ1n) is 3.81. The second kappa shape index (κ2) is 3.73.